The Labute approximate surface area is 169 Å². The molecule has 0 amide bonds. The Hall–Kier alpha value is -2.84. The third kappa shape index (κ3) is 2.99. The van der Waals surface area contributed by atoms with Gasteiger partial charge < -0.3 is 14.6 Å². The van der Waals surface area contributed by atoms with E-state index in [9.17, 15) is 8.42 Å². The number of nitrogens with one attached hydrogen (secondary N) is 1. The number of ether oxygens (including phenoxy) is 1. The van der Waals surface area contributed by atoms with Gasteiger partial charge in [0, 0.05) is 46.8 Å². The lowest BCUT2D eigenvalue weighted by Gasteiger charge is -2.35. The molecule has 1 atom stereocenters. The molecule has 29 heavy (non-hydrogen) atoms. The molecular formula is C21H22N4O3S. The largest absolute Gasteiger partial charge is 0.377 e. The van der Waals surface area contributed by atoms with Crippen molar-refractivity contribution in [1.82, 2.24) is 13.9 Å². The standard InChI is InChI=1S/C21H22N4O3S/c1-14-13-28-11-10-24(14)20-12-19(15-4-3-5-18-16(15)6-8-22-18)23-21-17(20)7-9-25(21)29(2,26)27/h3-9,12,14,22H,10-11,13H2,1-2H3. The minimum absolute atomic E-state index is 0.187. The molecule has 0 aliphatic carbocycles. The van der Waals surface area contributed by atoms with Crippen molar-refractivity contribution in [3.63, 3.8) is 0 Å². The molecular weight excluding hydrogens is 388 g/mol. The van der Waals surface area contributed by atoms with Crippen LogP contribution in [-0.2, 0) is 14.8 Å². The van der Waals surface area contributed by atoms with Crippen LogP contribution in [-0.4, -0.2) is 54.4 Å². The van der Waals surface area contributed by atoms with Gasteiger partial charge in [-0.1, -0.05) is 12.1 Å². The van der Waals surface area contributed by atoms with Gasteiger partial charge in [-0.25, -0.2) is 17.4 Å². The number of pyridine rings is 1. The van der Waals surface area contributed by atoms with Crippen LogP contribution in [0.25, 0.3) is 33.2 Å². The maximum atomic E-state index is 12.4. The Morgan fingerprint density at radius 1 is 1.21 bits per heavy atom. The number of rotatable bonds is 3. The lowest BCUT2D eigenvalue weighted by Crippen LogP contribution is -2.43. The number of fused-ring (bicyclic) bond motifs is 2. The van der Waals surface area contributed by atoms with E-state index in [2.05, 4.69) is 22.9 Å². The molecule has 1 aromatic carbocycles. The van der Waals surface area contributed by atoms with Crippen LogP contribution < -0.4 is 4.90 Å². The molecule has 0 saturated carbocycles. The fourth-order valence-corrected chi connectivity index (χ4v) is 4.84. The summed E-state index contributed by atoms with van der Waals surface area (Å²) >= 11 is 0. The van der Waals surface area contributed by atoms with E-state index in [-0.39, 0.29) is 6.04 Å². The van der Waals surface area contributed by atoms with Crippen LogP contribution in [0.2, 0.25) is 0 Å². The van der Waals surface area contributed by atoms with E-state index in [1.54, 1.807) is 6.20 Å². The Balaban J connectivity index is 1.82. The van der Waals surface area contributed by atoms with Crippen molar-refractivity contribution in [2.45, 2.75) is 13.0 Å². The second-order valence-corrected chi connectivity index (χ2v) is 9.36. The molecule has 4 aromatic rings. The number of hydrogen-bond acceptors (Lipinski definition) is 5. The highest BCUT2D eigenvalue weighted by Gasteiger charge is 2.24. The van der Waals surface area contributed by atoms with Gasteiger partial charge in [0.1, 0.15) is 0 Å². The smallest absolute Gasteiger partial charge is 0.237 e. The minimum Gasteiger partial charge on any atom is -0.377 e. The van der Waals surface area contributed by atoms with Crippen molar-refractivity contribution < 1.29 is 13.2 Å². The van der Waals surface area contributed by atoms with Gasteiger partial charge >= 0.3 is 0 Å². The zero-order chi connectivity index (χ0) is 20.2. The molecule has 5 rings (SSSR count). The molecule has 1 N–H and O–H groups in total. The monoisotopic (exact) mass is 410 g/mol. The van der Waals surface area contributed by atoms with Gasteiger partial charge in [0.2, 0.25) is 10.0 Å². The third-order valence-electron chi connectivity index (χ3n) is 5.51. The van der Waals surface area contributed by atoms with Crippen LogP contribution in [0.15, 0.2) is 48.8 Å². The number of nitrogens with zero attached hydrogens (tertiary/aromatic N) is 3. The molecule has 1 saturated heterocycles. The minimum atomic E-state index is -3.47. The molecule has 7 nitrogen and oxygen atoms in total. The molecule has 1 fully saturated rings. The fraction of sp³-hybridized carbons (Fsp3) is 0.286. The Morgan fingerprint density at radius 2 is 2.07 bits per heavy atom. The number of H-pyrrole nitrogens is 1. The van der Waals surface area contributed by atoms with Gasteiger partial charge in [-0.15, -0.1) is 0 Å². The summed E-state index contributed by atoms with van der Waals surface area (Å²) in [6.45, 7) is 4.15. The summed E-state index contributed by atoms with van der Waals surface area (Å²) < 4.78 is 31.6. The van der Waals surface area contributed by atoms with E-state index in [1.807, 2.05) is 36.5 Å². The summed E-state index contributed by atoms with van der Waals surface area (Å²) in [5.41, 5.74) is 4.17. The average molecular weight is 410 g/mol. The molecule has 4 heterocycles. The summed E-state index contributed by atoms with van der Waals surface area (Å²) in [7, 11) is -3.47. The predicted molar refractivity (Wildman–Crippen MR) is 115 cm³/mol. The van der Waals surface area contributed by atoms with Crippen molar-refractivity contribution in [2.24, 2.45) is 0 Å². The zero-order valence-corrected chi connectivity index (χ0v) is 17.1. The van der Waals surface area contributed by atoms with E-state index in [1.165, 1.54) is 10.2 Å². The van der Waals surface area contributed by atoms with Gasteiger partial charge in [-0.05, 0) is 31.2 Å². The van der Waals surface area contributed by atoms with E-state index < -0.39 is 10.0 Å². The SMILES string of the molecule is CC1COCCN1c1cc(-c2cccc3[nH]ccc23)nc2c1ccn2S(C)(=O)=O. The average Bonchev–Trinajstić information content (AvgIpc) is 3.34. The first-order chi connectivity index (χ1) is 13.9. The lowest BCUT2D eigenvalue weighted by molar-refractivity contribution is 0.0991. The predicted octanol–water partition coefficient (Wildman–Crippen LogP) is 3.22. The number of hydrogen-bond donors (Lipinski definition) is 1. The molecule has 1 aliphatic rings. The zero-order valence-electron chi connectivity index (χ0n) is 16.3. The summed E-state index contributed by atoms with van der Waals surface area (Å²) in [6.07, 6.45) is 4.68. The van der Waals surface area contributed by atoms with Crippen molar-refractivity contribution >= 4 is 37.6 Å². The van der Waals surface area contributed by atoms with Crippen LogP contribution in [0.5, 0.6) is 0 Å². The van der Waals surface area contributed by atoms with Gasteiger partial charge in [-0.2, -0.15) is 0 Å². The maximum absolute atomic E-state index is 12.4. The fourth-order valence-electron chi connectivity index (χ4n) is 4.11. The molecule has 1 unspecified atom stereocenters. The first kappa shape index (κ1) is 18.2. The summed E-state index contributed by atoms with van der Waals surface area (Å²) in [5.74, 6) is 0. The molecule has 0 spiro atoms. The van der Waals surface area contributed by atoms with E-state index in [0.29, 0.717) is 18.9 Å². The molecule has 3 aromatic heterocycles. The van der Waals surface area contributed by atoms with Crippen molar-refractivity contribution in [1.29, 1.82) is 0 Å². The Kier molecular flexibility index (Phi) is 4.15. The second-order valence-electron chi connectivity index (χ2n) is 7.50. The van der Waals surface area contributed by atoms with Crippen molar-refractivity contribution in [2.75, 3.05) is 30.9 Å². The third-order valence-corrected chi connectivity index (χ3v) is 6.52. The molecule has 0 bridgehead atoms. The van der Waals surface area contributed by atoms with Crippen LogP contribution in [0.3, 0.4) is 0 Å². The Bertz CT molecular complexity index is 1320. The number of aromatic amines is 1. The normalized spacial score (nSPS) is 18.0. The molecule has 0 radical (unpaired) electrons. The highest BCUT2D eigenvalue weighted by atomic mass is 32.2. The molecule has 150 valence electrons. The highest BCUT2D eigenvalue weighted by molar-refractivity contribution is 7.89. The summed E-state index contributed by atoms with van der Waals surface area (Å²) in [5, 5.41) is 1.88. The van der Waals surface area contributed by atoms with E-state index >= 15 is 0 Å². The Morgan fingerprint density at radius 3 is 2.86 bits per heavy atom. The molecule has 8 heteroatoms. The number of aromatic nitrogens is 3. The topological polar surface area (TPSA) is 80.2 Å². The van der Waals surface area contributed by atoms with Crippen LogP contribution in [0.4, 0.5) is 5.69 Å². The highest BCUT2D eigenvalue weighted by Crippen LogP contribution is 2.36. The lowest BCUT2D eigenvalue weighted by atomic mass is 10.0. The number of benzene rings is 1. The maximum Gasteiger partial charge on any atom is 0.237 e. The van der Waals surface area contributed by atoms with Crippen LogP contribution in [0.1, 0.15) is 6.92 Å². The molecule has 1 aliphatic heterocycles. The van der Waals surface area contributed by atoms with Gasteiger partial charge in [-0.3, -0.25) is 0 Å². The first-order valence-corrected chi connectivity index (χ1v) is 11.4. The van der Waals surface area contributed by atoms with E-state index in [4.69, 9.17) is 9.72 Å². The first-order valence-electron chi connectivity index (χ1n) is 9.57. The van der Waals surface area contributed by atoms with E-state index in [0.717, 1.165) is 39.8 Å². The van der Waals surface area contributed by atoms with Crippen LogP contribution in [0, 0.1) is 0 Å². The quantitative estimate of drug-likeness (QED) is 0.561. The second kappa shape index (κ2) is 6.60. The summed E-state index contributed by atoms with van der Waals surface area (Å²) in [4.78, 5) is 10.3. The van der Waals surface area contributed by atoms with Gasteiger partial charge in [0.15, 0.2) is 5.65 Å². The van der Waals surface area contributed by atoms with Gasteiger partial charge in [0.05, 0.1) is 30.9 Å². The van der Waals surface area contributed by atoms with Crippen molar-refractivity contribution in [3.05, 3.63) is 48.8 Å². The number of anilines is 1. The number of morpholine rings is 1. The van der Waals surface area contributed by atoms with Crippen molar-refractivity contribution in [3.8, 4) is 11.3 Å². The summed E-state index contributed by atoms with van der Waals surface area (Å²) in [6, 6.07) is 12.1. The van der Waals surface area contributed by atoms with Crippen LogP contribution >= 0.6 is 0 Å². The van der Waals surface area contributed by atoms with Gasteiger partial charge in [0.25, 0.3) is 0 Å².